The van der Waals surface area contributed by atoms with Crippen LogP contribution in [0, 0.1) is 17.3 Å². The molecule has 2 N–H and O–H groups in total. The molecule has 0 bridgehead atoms. The summed E-state index contributed by atoms with van der Waals surface area (Å²) >= 11 is 1.85. The van der Waals surface area contributed by atoms with Crippen molar-refractivity contribution in [2.24, 2.45) is 17.3 Å². The van der Waals surface area contributed by atoms with Crippen molar-refractivity contribution in [3.63, 3.8) is 0 Å². The normalized spacial score (nSPS) is 32.9. The van der Waals surface area contributed by atoms with Gasteiger partial charge in [0.2, 0.25) is 0 Å². The first-order valence-electron chi connectivity index (χ1n) is 10.3. The fourth-order valence-corrected chi connectivity index (χ4v) is 6.90. The van der Waals surface area contributed by atoms with Gasteiger partial charge in [-0.05, 0) is 74.7 Å². The molecule has 5 nitrogen and oxygen atoms in total. The van der Waals surface area contributed by atoms with Crippen LogP contribution < -0.4 is 5.32 Å². The average molecular weight is 386 g/mol. The molecule has 1 atom stereocenters. The summed E-state index contributed by atoms with van der Waals surface area (Å²) in [4.78, 5) is 23.0. The Balaban J connectivity index is 1.30. The predicted molar refractivity (Wildman–Crippen MR) is 107 cm³/mol. The zero-order valence-corrected chi connectivity index (χ0v) is 16.6. The van der Waals surface area contributed by atoms with Crippen LogP contribution in [-0.2, 0) is 17.6 Å². The van der Waals surface area contributed by atoms with E-state index in [1.165, 1.54) is 28.7 Å². The Morgan fingerprint density at radius 3 is 2.78 bits per heavy atom. The Morgan fingerprint density at radius 2 is 2.04 bits per heavy atom. The molecular weight excluding hydrogens is 358 g/mol. The number of anilines is 1. The molecule has 0 radical (unpaired) electrons. The van der Waals surface area contributed by atoms with Crippen LogP contribution in [0.1, 0.15) is 62.3 Å². The number of carboxylic acids is 1. The van der Waals surface area contributed by atoms with Crippen LogP contribution in [0.4, 0.5) is 5.82 Å². The lowest BCUT2D eigenvalue weighted by Gasteiger charge is -2.51. The number of nitrogens with zero attached hydrogens (tertiary/aromatic N) is 2. The highest BCUT2D eigenvalue weighted by Crippen LogP contribution is 2.54. The van der Waals surface area contributed by atoms with Gasteiger partial charge < -0.3 is 10.4 Å². The van der Waals surface area contributed by atoms with Crippen LogP contribution in [0.15, 0.2) is 6.33 Å². The summed E-state index contributed by atoms with van der Waals surface area (Å²) in [6, 6.07) is 0.461. The highest BCUT2D eigenvalue weighted by atomic mass is 32.1. The van der Waals surface area contributed by atoms with Crippen molar-refractivity contribution in [3.05, 3.63) is 16.8 Å². The summed E-state index contributed by atoms with van der Waals surface area (Å²) < 4.78 is 0. The summed E-state index contributed by atoms with van der Waals surface area (Å²) in [5.41, 5.74) is 1.85. The highest BCUT2D eigenvalue weighted by molar-refractivity contribution is 7.19. The van der Waals surface area contributed by atoms with Gasteiger partial charge in [-0.15, -0.1) is 11.3 Å². The van der Waals surface area contributed by atoms with E-state index in [1.54, 1.807) is 6.33 Å². The topological polar surface area (TPSA) is 75.1 Å². The molecule has 144 valence electrons. The molecule has 2 saturated carbocycles. The lowest BCUT2D eigenvalue weighted by Crippen LogP contribution is -2.47. The van der Waals surface area contributed by atoms with Gasteiger partial charge in [0.15, 0.2) is 0 Å². The Morgan fingerprint density at radius 1 is 1.26 bits per heavy atom. The van der Waals surface area contributed by atoms with Gasteiger partial charge in [-0.1, -0.05) is 6.92 Å². The predicted octanol–water partition coefficient (Wildman–Crippen LogP) is 4.65. The quantitative estimate of drug-likeness (QED) is 0.804. The van der Waals surface area contributed by atoms with Crippen molar-refractivity contribution in [1.29, 1.82) is 0 Å². The second kappa shape index (κ2) is 6.43. The lowest BCUT2D eigenvalue weighted by atomic mass is 9.57. The van der Waals surface area contributed by atoms with E-state index in [4.69, 9.17) is 0 Å². The van der Waals surface area contributed by atoms with Crippen LogP contribution in [-0.4, -0.2) is 27.1 Å². The second-order valence-corrected chi connectivity index (χ2v) is 10.2. The summed E-state index contributed by atoms with van der Waals surface area (Å²) in [5, 5.41) is 14.2. The SMILES string of the molecule is CC1CCc2c(sc3ncnc(NC4CC5(CCC(C(=O)O)CC5)C4)c23)C1. The number of carbonyl (C=O) groups is 1. The van der Waals surface area contributed by atoms with Gasteiger partial charge in [-0.2, -0.15) is 0 Å². The van der Waals surface area contributed by atoms with E-state index in [0.717, 1.165) is 61.5 Å². The van der Waals surface area contributed by atoms with Crippen LogP contribution >= 0.6 is 11.3 Å². The Bertz CT molecular complexity index is 877. The van der Waals surface area contributed by atoms with Gasteiger partial charge in [0.1, 0.15) is 17.0 Å². The van der Waals surface area contributed by atoms with Crippen molar-refractivity contribution in [1.82, 2.24) is 9.97 Å². The number of hydrogen-bond acceptors (Lipinski definition) is 5. The number of aliphatic carboxylic acids is 1. The van der Waals surface area contributed by atoms with E-state index in [1.807, 2.05) is 11.3 Å². The molecule has 0 amide bonds. The number of aromatic nitrogens is 2. The van der Waals surface area contributed by atoms with E-state index in [-0.39, 0.29) is 5.92 Å². The minimum absolute atomic E-state index is 0.121. The van der Waals surface area contributed by atoms with Gasteiger partial charge in [0.05, 0.1) is 11.3 Å². The van der Waals surface area contributed by atoms with Crippen molar-refractivity contribution in [3.8, 4) is 0 Å². The first kappa shape index (κ1) is 17.4. The van der Waals surface area contributed by atoms with Gasteiger partial charge in [-0.25, -0.2) is 9.97 Å². The third-order valence-electron chi connectivity index (χ3n) is 7.19. The summed E-state index contributed by atoms with van der Waals surface area (Å²) in [5.74, 6) is 1.05. The number of nitrogens with one attached hydrogen (secondary N) is 1. The van der Waals surface area contributed by atoms with E-state index < -0.39 is 5.97 Å². The third kappa shape index (κ3) is 3.02. The van der Waals surface area contributed by atoms with Gasteiger partial charge in [0, 0.05) is 10.9 Å². The molecule has 0 saturated heterocycles. The molecule has 2 fully saturated rings. The van der Waals surface area contributed by atoms with Gasteiger partial charge in [0.25, 0.3) is 0 Å². The molecule has 6 heteroatoms. The van der Waals surface area contributed by atoms with Crippen LogP contribution in [0.2, 0.25) is 0 Å². The molecule has 1 unspecified atom stereocenters. The molecule has 0 aromatic carbocycles. The van der Waals surface area contributed by atoms with Crippen LogP contribution in [0.25, 0.3) is 10.2 Å². The fourth-order valence-electron chi connectivity index (χ4n) is 5.55. The summed E-state index contributed by atoms with van der Waals surface area (Å²) in [6.45, 7) is 2.34. The molecule has 3 aliphatic rings. The Labute approximate surface area is 163 Å². The van der Waals surface area contributed by atoms with Gasteiger partial charge in [-0.3, -0.25) is 4.79 Å². The summed E-state index contributed by atoms with van der Waals surface area (Å²) in [7, 11) is 0. The highest BCUT2D eigenvalue weighted by Gasteiger charge is 2.47. The van der Waals surface area contributed by atoms with Crippen LogP contribution in [0.5, 0.6) is 0 Å². The number of rotatable bonds is 3. The van der Waals surface area contributed by atoms with E-state index in [0.29, 0.717) is 11.5 Å². The summed E-state index contributed by atoms with van der Waals surface area (Å²) in [6.07, 6.45) is 11.4. The molecule has 1 spiro atoms. The maximum absolute atomic E-state index is 11.2. The zero-order chi connectivity index (χ0) is 18.6. The maximum atomic E-state index is 11.2. The number of thiophene rings is 1. The smallest absolute Gasteiger partial charge is 0.306 e. The molecule has 0 aliphatic heterocycles. The Hall–Kier alpha value is -1.69. The molecular formula is C21H27N3O2S. The molecule has 2 aromatic heterocycles. The third-order valence-corrected chi connectivity index (χ3v) is 8.35. The van der Waals surface area contributed by atoms with E-state index in [9.17, 15) is 9.90 Å². The molecule has 3 aliphatic carbocycles. The first-order valence-corrected chi connectivity index (χ1v) is 11.1. The van der Waals surface area contributed by atoms with Crippen molar-refractivity contribution in [2.75, 3.05) is 5.32 Å². The minimum Gasteiger partial charge on any atom is -0.481 e. The number of carboxylic acid groups (broad SMARTS) is 1. The standard InChI is InChI=1S/C21H27N3O2S/c1-12-2-3-15-16(8-12)27-19-17(15)18(22-11-23-19)24-14-9-21(10-14)6-4-13(5-7-21)20(25)26/h11-14H,2-10H2,1H3,(H,25,26)(H,22,23,24). The Kier molecular flexibility index (Phi) is 4.15. The monoisotopic (exact) mass is 385 g/mol. The van der Waals surface area contributed by atoms with E-state index >= 15 is 0 Å². The number of fused-ring (bicyclic) bond motifs is 3. The maximum Gasteiger partial charge on any atom is 0.306 e. The van der Waals surface area contributed by atoms with Crippen molar-refractivity contribution >= 4 is 33.3 Å². The largest absolute Gasteiger partial charge is 0.481 e. The molecule has 5 rings (SSSR count). The molecule has 2 heterocycles. The number of aryl methyl sites for hydroxylation is 1. The van der Waals surface area contributed by atoms with Crippen molar-refractivity contribution in [2.45, 2.75) is 70.8 Å². The van der Waals surface area contributed by atoms with E-state index in [2.05, 4.69) is 22.2 Å². The fraction of sp³-hybridized carbons (Fsp3) is 0.667. The average Bonchev–Trinajstić information content (AvgIpc) is 2.99. The second-order valence-electron chi connectivity index (χ2n) is 9.12. The van der Waals surface area contributed by atoms with Gasteiger partial charge >= 0.3 is 5.97 Å². The van der Waals surface area contributed by atoms with Crippen molar-refractivity contribution < 1.29 is 9.90 Å². The first-order chi connectivity index (χ1) is 13.0. The minimum atomic E-state index is -0.612. The lowest BCUT2D eigenvalue weighted by molar-refractivity contribution is -0.144. The molecule has 27 heavy (non-hydrogen) atoms. The van der Waals surface area contributed by atoms with Crippen LogP contribution in [0.3, 0.4) is 0 Å². The number of hydrogen-bond donors (Lipinski definition) is 2. The zero-order valence-electron chi connectivity index (χ0n) is 15.8. The molecule has 2 aromatic rings.